The van der Waals surface area contributed by atoms with Gasteiger partial charge in [-0.25, -0.2) is 13.6 Å². The van der Waals surface area contributed by atoms with Gasteiger partial charge in [0.25, 0.3) is 0 Å². The summed E-state index contributed by atoms with van der Waals surface area (Å²) in [5.41, 5.74) is -0.119. The van der Waals surface area contributed by atoms with Crippen molar-refractivity contribution in [1.29, 1.82) is 0 Å². The van der Waals surface area contributed by atoms with Crippen molar-refractivity contribution in [3.63, 3.8) is 0 Å². The van der Waals surface area contributed by atoms with Crippen LogP contribution in [0.25, 0.3) is 0 Å². The van der Waals surface area contributed by atoms with Gasteiger partial charge in [0, 0.05) is 12.5 Å². The first-order valence-electron chi connectivity index (χ1n) is 7.66. The third kappa shape index (κ3) is 7.04. The Bertz CT molecular complexity index is 386. The number of rotatable bonds is 6. The second-order valence-corrected chi connectivity index (χ2v) is 9.23. The zero-order valence-corrected chi connectivity index (χ0v) is 14.2. The number of nitrogens with two attached hydrogens (primary N) is 1. The van der Waals surface area contributed by atoms with Crippen LogP contribution < -0.4 is 5.14 Å². The quantitative estimate of drug-likeness (QED) is 0.820. The van der Waals surface area contributed by atoms with E-state index >= 15 is 0 Å². The molecule has 0 bridgehead atoms. The maximum Gasteiger partial charge on any atom is 0.209 e. The maximum atomic E-state index is 11.3. The molecule has 3 unspecified atom stereocenters. The van der Waals surface area contributed by atoms with Crippen LogP contribution in [0.2, 0.25) is 0 Å². The van der Waals surface area contributed by atoms with Gasteiger partial charge in [0.15, 0.2) is 0 Å². The van der Waals surface area contributed by atoms with Gasteiger partial charge in [0.2, 0.25) is 10.0 Å². The summed E-state index contributed by atoms with van der Waals surface area (Å²) in [6, 6.07) is 0. The van der Waals surface area contributed by atoms with Gasteiger partial charge in [-0.1, -0.05) is 40.5 Å². The lowest BCUT2D eigenvalue weighted by molar-refractivity contribution is 0.0318. The van der Waals surface area contributed by atoms with Gasteiger partial charge in [-0.05, 0) is 30.1 Å². The minimum Gasteiger partial charge on any atom is -0.381 e. The van der Waals surface area contributed by atoms with Gasteiger partial charge in [-0.15, -0.1) is 0 Å². The van der Waals surface area contributed by atoms with Crippen molar-refractivity contribution in [2.45, 2.75) is 53.4 Å². The minimum absolute atomic E-state index is 0.00241. The van der Waals surface area contributed by atoms with Crippen LogP contribution in [-0.2, 0) is 14.8 Å². The van der Waals surface area contributed by atoms with Crippen molar-refractivity contribution < 1.29 is 13.2 Å². The Morgan fingerprint density at radius 2 is 1.95 bits per heavy atom. The summed E-state index contributed by atoms with van der Waals surface area (Å²) in [6.07, 6.45) is 5.08. The van der Waals surface area contributed by atoms with Crippen molar-refractivity contribution >= 4 is 10.0 Å². The van der Waals surface area contributed by atoms with Crippen LogP contribution in [0.4, 0.5) is 0 Å². The summed E-state index contributed by atoms with van der Waals surface area (Å²) in [4.78, 5) is 0. The fourth-order valence-electron chi connectivity index (χ4n) is 2.92. The van der Waals surface area contributed by atoms with Gasteiger partial charge >= 0.3 is 0 Å². The molecule has 0 aliphatic heterocycles. The predicted octanol–water partition coefficient (Wildman–Crippen LogP) is 2.78. The molecule has 0 aromatic carbocycles. The molecule has 0 aromatic rings. The summed E-state index contributed by atoms with van der Waals surface area (Å²) in [5.74, 6) is 1.37. The SMILES string of the molecule is CC1CCCC(COCC(CS(N)(=O)=O)C(C)(C)C)C1. The summed E-state index contributed by atoms with van der Waals surface area (Å²) in [7, 11) is -3.45. The van der Waals surface area contributed by atoms with Crippen LogP contribution in [0.15, 0.2) is 0 Å². The number of ether oxygens (including phenoxy) is 1. The highest BCUT2D eigenvalue weighted by atomic mass is 32.2. The van der Waals surface area contributed by atoms with E-state index in [-0.39, 0.29) is 17.1 Å². The molecule has 1 aliphatic carbocycles. The van der Waals surface area contributed by atoms with Gasteiger partial charge in [-0.3, -0.25) is 0 Å². The van der Waals surface area contributed by atoms with Crippen molar-refractivity contribution in [1.82, 2.24) is 0 Å². The lowest BCUT2D eigenvalue weighted by Crippen LogP contribution is -2.35. The monoisotopic (exact) mass is 305 g/mol. The Kier molecular flexibility index (Phi) is 6.48. The molecule has 1 fully saturated rings. The lowest BCUT2D eigenvalue weighted by Gasteiger charge is -2.31. The third-order valence-electron chi connectivity index (χ3n) is 4.38. The second-order valence-electron chi connectivity index (χ2n) is 7.57. The molecule has 0 aromatic heterocycles. The van der Waals surface area contributed by atoms with E-state index in [1.807, 2.05) is 20.8 Å². The molecule has 0 saturated heterocycles. The molecule has 0 radical (unpaired) electrons. The van der Waals surface area contributed by atoms with Gasteiger partial charge < -0.3 is 4.74 Å². The van der Waals surface area contributed by atoms with Crippen LogP contribution in [0, 0.1) is 23.2 Å². The van der Waals surface area contributed by atoms with Gasteiger partial charge in [0.1, 0.15) is 0 Å². The first-order chi connectivity index (χ1) is 9.08. The van der Waals surface area contributed by atoms with E-state index in [9.17, 15) is 8.42 Å². The third-order valence-corrected chi connectivity index (χ3v) is 5.24. The normalized spacial score (nSPS) is 26.4. The fraction of sp³-hybridized carbons (Fsp3) is 1.00. The standard InChI is InChI=1S/C15H31NO3S/c1-12-6-5-7-13(8-12)9-19-10-14(15(2,3)4)11-20(16,17)18/h12-14H,5-11H2,1-4H3,(H2,16,17,18). The highest BCUT2D eigenvalue weighted by molar-refractivity contribution is 7.89. The maximum absolute atomic E-state index is 11.3. The number of hydrogen-bond donors (Lipinski definition) is 1. The largest absolute Gasteiger partial charge is 0.381 e. The van der Waals surface area contributed by atoms with E-state index in [0.29, 0.717) is 12.5 Å². The minimum atomic E-state index is -3.45. The van der Waals surface area contributed by atoms with Crippen LogP contribution in [0.5, 0.6) is 0 Å². The molecule has 4 nitrogen and oxygen atoms in total. The molecule has 20 heavy (non-hydrogen) atoms. The van der Waals surface area contributed by atoms with Crippen LogP contribution >= 0.6 is 0 Å². The summed E-state index contributed by atoms with van der Waals surface area (Å²) in [5, 5.41) is 5.18. The molecule has 2 N–H and O–H groups in total. The highest BCUT2D eigenvalue weighted by Gasteiger charge is 2.29. The van der Waals surface area contributed by atoms with Crippen molar-refractivity contribution in [3.05, 3.63) is 0 Å². The molecule has 1 saturated carbocycles. The Hall–Kier alpha value is -0.130. The van der Waals surface area contributed by atoms with E-state index in [2.05, 4.69) is 6.92 Å². The zero-order valence-electron chi connectivity index (χ0n) is 13.4. The fourth-order valence-corrected chi connectivity index (χ4v) is 4.07. The van der Waals surface area contributed by atoms with E-state index in [0.717, 1.165) is 12.5 Å². The topological polar surface area (TPSA) is 69.4 Å². The first-order valence-corrected chi connectivity index (χ1v) is 9.37. The number of primary sulfonamides is 1. The van der Waals surface area contributed by atoms with E-state index in [1.165, 1.54) is 25.7 Å². The molecule has 1 rings (SSSR count). The van der Waals surface area contributed by atoms with Crippen LogP contribution in [-0.4, -0.2) is 27.4 Å². The van der Waals surface area contributed by atoms with Crippen molar-refractivity contribution in [2.24, 2.45) is 28.3 Å². The summed E-state index contributed by atoms with van der Waals surface area (Å²) in [6.45, 7) is 9.64. The van der Waals surface area contributed by atoms with E-state index < -0.39 is 10.0 Å². The molecule has 120 valence electrons. The Morgan fingerprint density at radius 3 is 2.45 bits per heavy atom. The van der Waals surface area contributed by atoms with Crippen LogP contribution in [0.1, 0.15) is 53.4 Å². The Labute approximate surface area is 124 Å². The molecular formula is C15H31NO3S. The summed E-state index contributed by atoms with van der Waals surface area (Å²) >= 11 is 0. The highest BCUT2D eigenvalue weighted by Crippen LogP contribution is 2.30. The van der Waals surface area contributed by atoms with Gasteiger partial charge in [0.05, 0.1) is 12.4 Å². The second kappa shape index (κ2) is 7.23. The van der Waals surface area contributed by atoms with Gasteiger partial charge in [-0.2, -0.15) is 0 Å². The Morgan fingerprint density at radius 1 is 1.30 bits per heavy atom. The zero-order chi connectivity index (χ0) is 15.4. The molecule has 1 aliphatic rings. The molecule has 0 heterocycles. The summed E-state index contributed by atoms with van der Waals surface area (Å²) < 4.78 is 28.5. The Balaban J connectivity index is 2.42. The average Bonchev–Trinajstić information content (AvgIpc) is 2.25. The molecule has 5 heteroatoms. The van der Waals surface area contributed by atoms with Crippen molar-refractivity contribution in [2.75, 3.05) is 19.0 Å². The predicted molar refractivity (Wildman–Crippen MR) is 82.9 cm³/mol. The molecular weight excluding hydrogens is 274 g/mol. The smallest absolute Gasteiger partial charge is 0.209 e. The van der Waals surface area contributed by atoms with E-state index in [4.69, 9.17) is 9.88 Å². The first kappa shape index (κ1) is 17.9. The number of hydrogen-bond acceptors (Lipinski definition) is 3. The van der Waals surface area contributed by atoms with Crippen molar-refractivity contribution in [3.8, 4) is 0 Å². The molecule has 0 amide bonds. The van der Waals surface area contributed by atoms with Crippen LogP contribution in [0.3, 0.4) is 0 Å². The number of sulfonamides is 1. The average molecular weight is 305 g/mol. The molecule has 0 spiro atoms. The molecule has 3 atom stereocenters. The lowest BCUT2D eigenvalue weighted by atomic mass is 9.82. The van der Waals surface area contributed by atoms with E-state index in [1.54, 1.807) is 0 Å².